The van der Waals surface area contributed by atoms with Gasteiger partial charge in [-0.05, 0) is 48.0 Å². The first-order valence-corrected chi connectivity index (χ1v) is 11.2. The molecule has 0 atom stereocenters. The average Bonchev–Trinajstić information content (AvgIpc) is 3.46. The third kappa shape index (κ3) is 3.90. The van der Waals surface area contributed by atoms with Crippen LogP contribution in [0.2, 0.25) is 5.02 Å². The minimum absolute atomic E-state index is 0.128. The Balaban J connectivity index is 1.56. The Morgan fingerprint density at radius 1 is 1.12 bits per heavy atom. The summed E-state index contributed by atoms with van der Waals surface area (Å²) in [5.74, 6) is 0.569. The lowest BCUT2D eigenvalue weighted by Crippen LogP contribution is -2.02. The highest BCUT2D eigenvalue weighted by Gasteiger charge is 2.20. The maximum atomic E-state index is 13.5. The van der Waals surface area contributed by atoms with Crippen molar-refractivity contribution in [2.45, 2.75) is 6.54 Å². The van der Waals surface area contributed by atoms with Gasteiger partial charge in [0.25, 0.3) is 0 Å². The molecule has 0 radical (unpaired) electrons. The van der Waals surface area contributed by atoms with Crippen LogP contribution >= 0.6 is 22.9 Å². The average molecular weight is 460 g/mol. The molecule has 0 aliphatic heterocycles. The summed E-state index contributed by atoms with van der Waals surface area (Å²) < 4.78 is 7.48. The number of methoxy groups -OCH3 is 1. The SMILES string of the molecule is COc1ccc2c(c1)c(C(=O)c1csc(-c3ccccn3)n1)cn2Cc1ccc(Cl)cc1. The number of benzene rings is 2. The minimum Gasteiger partial charge on any atom is -0.497 e. The zero-order valence-corrected chi connectivity index (χ0v) is 18.7. The molecule has 3 heterocycles. The fourth-order valence-electron chi connectivity index (χ4n) is 3.62. The van der Waals surface area contributed by atoms with Crippen molar-refractivity contribution in [1.82, 2.24) is 14.5 Å². The lowest BCUT2D eigenvalue weighted by molar-refractivity contribution is 0.103. The smallest absolute Gasteiger partial charge is 0.214 e. The second-order valence-corrected chi connectivity index (χ2v) is 8.56. The van der Waals surface area contributed by atoms with Gasteiger partial charge in [-0.1, -0.05) is 29.8 Å². The zero-order chi connectivity index (χ0) is 22.1. The van der Waals surface area contributed by atoms with E-state index in [1.165, 1.54) is 11.3 Å². The number of rotatable bonds is 6. The number of nitrogens with zero attached hydrogens (tertiary/aromatic N) is 3. The normalized spacial score (nSPS) is 11.1. The van der Waals surface area contributed by atoms with Crippen LogP contribution in [0.4, 0.5) is 0 Å². The second-order valence-electron chi connectivity index (χ2n) is 7.26. The van der Waals surface area contributed by atoms with Crippen molar-refractivity contribution in [3.8, 4) is 16.5 Å². The Labute approximate surface area is 193 Å². The minimum atomic E-state index is -0.128. The van der Waals surface area contributed by atoms with E-state index >= 15 is 0 Å². The van der Waals surface area contributed by atoms with Gasteiger partial charge in [0.15, 0.2) is 0 Å². The first-order valence-electron chi connectivity index (χ1n) is 9.95. The number of pyridine rings is 1. The van der Waals surface area contributed by atoms with Gasteiger partial charge in [0.05, 0.1) is 12.8 Å². The van der Waals surface area contributed by atoms with Crippen molar-refractivity contribution < 1.29 is 9.53 Å². The third-order valence-electron chi connectivity index (χ3n) is 5.22. The topological polar surface area (TPSA) is 57.0 Å². The summed E-state index contributed by atoms with van der Waals surface area (Å²) >= 11 is 7.44. The fraction of sp³-hybridized carbons (Fsp3) is 0.0800. The van der Waals surface area contributed by atoms with Crippen molar-refractivity contribution >= 4 is 39.6 Å². The van der Waals surface area contributed by atoms with Crippen LogP contribution in [0.25, 0.3) is 21.6 Å². The quantitative estimate of drug-likeness (QED) is 0.288. The molecule has 5 aromatic rings. The summed E-state index contributed by atoms with van der Waals surface area (Å²) in [7, 11) is 1.62. The second kappa shape index (κ2) is 8.57. The van der Waals surface area contributed by atoms with E-state index in [-0.39, 0.29) is 5.78 Å². The highest BCUT2D eigenvalue weighted by atomic mass is 35.5. The highest BCUT2D eigenvalue weighted by Crippen LogP contribution is 2.30. The van der Waals surface area contributed by atoms with Gasteiger partial charge in [-0.2, -0.15) is 0 Å². The van der Waals surface area contributed by atoms with Gasteiger partial charge >= 0.3 is 0 Å². The van der Waals surface area contributed by atoms with Crippen LogP contribution in [0.5, 0.6) is 5.75 Å². The molecule has 0 N–H and O–H groups in total. The molecule has 0 aliphatic rings. The summed E-state index contributed by atoms with van der Waals surface area (Å²) in [5, 5.41) is 4.03. The van der Waals surface area contributed by atoms with E-state index in [1.807, 2.05) is 66.9 Å². The Morgan fingerprint density at radius 2 is 1.97 bits per heavy atom. The number of ketones is 1. The van der Waals surface area contributed by atoms with Crippen molar-refractivity contribution in [3.63, 3.8) is 0 Å². The van der Waals surface area contributed by atoms with Crippen molar-refractivity contribution in [2.24, 2.45) is 0 Å². The number of halogens is 1. The van der Waals surface area contributed by atoms with Gasteiger partial charge in [0, 0.05) is 45.8 Å². The Hall–Kier alpha value is -3.48. The van der Waals surface area contributed by atoms with E-state index in [4.69, 9.17) is 16.3 Å². The van der Waals surface area contributed by atoms with Crippen LogP contribution in [-0.2, 0) is 6.54 Å². The highest BCUT2D eigenvalue weighted by molar-refractivity contribution is 7.13. The van der Waals surface area contributed by atoms with E-state index in [2.05, 4.69) is 14.5 Å². The van der Waals surface area contributed by atoms with Crippen LogP contribution in [0.3, 0.4) is 0 Å². The van der Waals surface area contributed by atoms with Crippen molar-refractivity contribution in [2.75, 3.05) is 7.11 Å². The third-order valence-corrected chi connectivity index (χ3v) is 6.34. The van der Waals surface area contributed by atoms with E-state index in [0.717, 1.165) is 27.2 Å². The van der Waals surface area contributed by atoms with Crippen molar-refractivity contribution in [1.29, 1.82) is 0 Å². The van der Waals surface area contributed by atoms with Crippen LogP contribution in [-0.4, -0.2) is 27.4 Å². The van der Waals surface area contributed by atoms with Gasteiger partial charge < -0.3 is 9.30 Å². The number of hydrogen-bond donors (Lipinski definition) is 0. The molecule has 0 aliphatic carbocycles. The number of thiazole rings is 1. The van der Waals surface area contributed by atoms with Crippen LogP contribution in [0.15, 0.2) is 78.4 Å². The molecule has 0 fully saturated rings. The van der Waals surface area contributed by atoms with E-state index in [0.29, 0.717) is 28.6 Å². The van der Waals surface area contributed by atoms with Crippen molar-refractivity contribution in [3.05, 3.63) is 100 Å². The number of aromatic nitrogens is 3. The van der Waals surface area contributed by atoms with Gasteiger partial charge in [-0.15, -0.1) is 11.3 Å². The largest absolute Gasteiger partial charge is 0.497 e. The lowest BCUT2D eigenvalue weighted by Gasteiger charge is -2.06. The number of carbonyl (C=O) groups excluding carboxylic acids is 1. The summed E-state index contributed by atoms with van der Waals surface area (Å²) in [6.07, 6.45) is 3.61. The predicted molar refractivity (Wildman–Crippen MR) is 128 cm³/mol. The number of fused-ring (bicyclic) bond motifs is 1. The number of carbonyl (C=O) groups is 1. The van der Waals surface area contributed by atoms with E-state index in [1.54, 1.807) is 18.7 Å². The summed E-state index contributed by atoms with van der Waals surface area (Å²) in [4.78, 5) is 22.4. The molecule has 7 heteroatoms. The molecule has 0 saturated carbocycles. The van der Waals surface area contributed by atoms with Gasteiger partial charge in [0.1, 0.15) is 16.5 Å². The van der Waals surface area contributed by atoms with Gasteiger partial charge in [0.2, 0.25) is 5.78 Å². The number of hydrogen-bond acceptors (Lipinski definition) is 5. The molecule has 32 heavy (non-hydrogen) atoms. The molecule has 0 spiro atoms. The number of ether oxygens (including phenoxy) is 1. The molecule has 3 aromatic heterocycles. The first-order chi connectivity index (χ1) is 15.6. The molecule has 0 unspecified atom stereocenters. The molecule has 2 aromatic carbocycles. The Kier molecular flexibility index (Phi) is 5.47. The van der Waals surface area contributed by atoms with Gasteiger partial charge in [-0.25, -0.2) is 4.98 Å². The molecule has 158 valence electrons. The molecule has 0 saturated heterocycles. The van der Waals surface area contributed by atoms with Crippen LogP contribution in [0, 0.1) is 0 Å². The molecule has 0 bridgehead atoms. The Morgan fingerprint density at radius 3 is 2.72 bits per heavy atom. The van der Waals surface area contributed by atoms with E-state index < -0.39 is 0 Å². The molecule has 0 amide bonds. The zero-order valence-electron chi connectivity index (χ0n) is 17.2. The molecular weight excluding hydrogens is 442 g/mol. The monoisotopic (exact) mass is 459 g/mol. The summed E-state index contributed by atoms with van der Waals surface area (Å²) in [5.41, 5.74) is 3.79. The van der Waals surface area contributed by atoms with Crippen LogP contribution < -0.4 is 4.74 Å². The lowest BCUT2D eigenvalue weighted by atomic mass is 10.1. The molecule has 5 nitrogen and oxygen atoms in total. The molecule has 5 rings (SSSR count). The summed E-state index contributed by atoms with van der Waals surface area (Å²) in [6, 6.07) is 19.1. The van der Waals surface area contributed by atoms with Gasteiger partial charge in [-0.3, -0.25) is 9.78 Å². The standard InChI is InChI=1S/C25H18ClN3O2S/c1-31-18-9-10-23-19(12-18)20(14-29(23)13-16-5-7-17(26)8-6-16)24(30)22-15-32-25(28-22)21-4-2-3-11-27-21/h2-12,14-15H,13H2,1H3. The fourth-order valence-corrected chi connectivity index (χ4v) is 4.53. The predicted octanol–water partition coefficient (Wildman–Crippen LogP) is 6.10. The Bertz CT molecular complexity index is 1410. The van der Waals surface area contributed by atoms with E-state index in [9.17, 15) is 4.79 Å². The maximum Gasteiger partial charge on any atom is 0.214 e. The van der Waals surface area contributed by atoms with Crippen LogP contribution in [0.1, 0.15) is 21.6 Å². The maximum absolute atomic E-state index is 13.5. The molecular formula is C25H18ClN3O2S. The summed E-state index contributed by atoms with van der Waals surface area (Å²) in [6.45, 7) is 0.615. The first kappa shape index (κ1) is 20.4.